The molecule has 72 valence electrons. The lowest BCUT2D eigenvalue weighted by Crippen LogP contribution is -2.21. The van der Waals surface area contributed by atoms with Gasteiger partial charge in [-0.1, -0.05) is 0 Å². The van der Waals surface area contributed by atoms with Crippen LogP contribution in [0.25, 0.3) is 5.95 Å². The molecule has 2 aromatic heterocycles. The van der Waals surface area contributed by atoms with Crippen molar-refractivity contribution in [3.05, 3.63) is 28.9 Å². The maximum absolute atomic E-state index is 11.0. The van der Waals surface area contributed by atoms with E-state index in [1.807, 2.05) is 0 Å². The van der Waals surface area contributed by atoms with Gasteiger partial charge in [-0.05, 0) is 6.07 Å². The van der Waals surface area contributed by atoms with Gasteiger partial charge >= 0.3 is 5.69 Å². The Bertz CT molecular complexity index is 473. The van der Waals surface area contributed by atoms with Gasteiger partial charge in [-0.2, -0.15) is 15.1 Å². The number of aromatic nitrogens is 5. The quantitative estimate of drug-likeness (QED) is 0.400. The van der Waals surface area contributed by atoms with Gasteiger partial charge in [0, 0.05) is 12.4 Å². The van der Waals surface area contributed by atoms with Gasteiger partial charge < -0.3 is 0 Å². The molecule has 0 radical (unpaired) electrons. The van der Waals surface area contributed by atoms with Crippen molar-refractivity contribution in [2.24, 2.45) is 5.84 Å². The summed E-state index contributed by atoms with van der Waals surface area (Å²) in [5, 5.41) is 3.87. The molecule has 0 unspecified atom stereocenters. The third-order valence-electron chi connectivity index (χ3n) is 1.48. The summed E-state index contributed by atoms with van der Waals surface area (Å²) in [4.78, 5) is 20.8. The van der Waals surface area contributed by atoms with E-state index in [1.165, 1.54) is 4.68 Å². The number of nitrogen functional groups attached to an aromatic ring is 1. The minimum Gasteiger partial charge on any atom is -0.294 e. The number of nitrogens with two attached hydrogens (primary N) is 1. The normalized spacial score (nSPS) is 10.1. The van der Waals surface area contributed by atoms with Crippen LogP contribution in [-0.4, -0.2) is 24.7 Å². The van der Waals surface area contributed by atoms with Crippen LogP contribution >= 0.6 is 0 Å². The highest BCUT2D eigenvalue weighted by molar-refractivity contribution is 5.24. The smallest absolute Gasteiger partial charge is 0.294 e. The minimum absolute atomic E-state index is 0.135. The van der Waals surface area contributed by atoms with Crippen molar-refractivity contribution in [3.8, 4) is 5.95 Å². The van der Waals surface area contributed by atoms with Crippen molar-refractivity contribution >= 4 is 5.95 Å². The Hall–Kier alpha value is -2.22. The van der Waals surface area contributed by atoms with Crippen molar-refractivity contribution in [2.45, 2.75) is 0 Å². The molecule has 0 bridgehead atoms. The maximum Gasteiger partial charge on any atom is 0.351 e. The van der Waals surface area contributed by atoms with Crippen LogP contribution in [0.4, 0.5) is 5.95 Å². The molecule has 0 aliphatic carbocycles. The number of anilines is 1. The van der Waals surface area contributed by atoms with Crippen LogP contribution in [0.3, 0.4) is 0 Å². The van der Waals surface area contributed by atoms with Gasteiger partial charge in [0.15, 0.2) is 0 Å². The van der Waals surface area contributed by atoms with Gasteiger partial charge in [-0.3, -0.25) is 10.4 Å². The molecule has 0 aromatic carbocycles. The predicted molar refractivity (Wildman–Crippen MR) is 47.6 cm³/mol. The van der Waals surface area contributed by atoms with Gasteiger partial charge in [0.05, 0.1) is 0 Å². The zero-order chi connectivity index (χ0) is 9.97. The van der Waals surface area contributed by atoms with Gasteiger partial charge in [-0.15, -0.1) is 0 Å². The number of hydrogen-bond donors (Lipinski definition) is 3. The summed E-state index contributed by atoms with van der Waals surface area (Å²) in [5.41, 5.74) is 1.68. The number of hydrogen-bond acceptors (Lipinski definition) is 6. The van der Waals surface area contributed by atoms with Gasteiger partial charge in [0.25, 0.3) is 5.95 Å². The fraction of sp³-hybridized carbons (Fsp3) is 0. The molecule has 8 nitrogen and oxygen atoms in total. The lowest BCUT2D eigenvalue weighted by atomic mass is 10.7. The molecular weight excluding hydrogens is 186 g/mol. The van der Waals surface area contributed by atoms with Crippen LogP contribution in [0.1, 0.15) is 0 Å². The third-order valence-corrected chi connectivity index (χ3v) is 1.48. The monoisotopic (exact) mass is 193 g/mol. The highest BCUT2D eigenvalue weighted by Crippen LogP contribution is 1.97. The number of nitrogens with one attached hydrogen (secondary N) is 2. The molecule has 8 heteroatoms. The summed E-state index contributed by atoms with van der Waals surface area (Å²) in [7, 11) is 0. The van der Waals surface area contributed by atoms with E-state index in [9.17, 15) is 4.79 Å². The fourth-order valence-corrected chi connectivity index (χ4v) is 0.931. The Labute approximate surface area is 77.8 Å². The lowest BCUT2D eigenvalue weighted by molar-refractivity contribution is 0.783. The summed E-state index contributed by atoms with van der Waals surface area (Å²) in [5.74, 6) is 5.39. The van der Waals surface area contributed by atoms with Crippen molar-refractivity contribution in [1.29, 1.82) is 0 Å². The van der Waals surface area contributed by atoms with Crippen molar-refractivity contribution < 1.29 is 0 Å². The zero-order valence-corrected chi connectivity index (χ0v) is 7.01. The minimum atomic E-state index is -0.543. The summed E-state index contributed by atoms with van der Waals surface area (Å²) in [6.45, 7) is 0. The Balaban J connectivity index is 2.54. The first-order chi connectivity index (χ1) is 6.79. The van der Waals surface area contributed by atoms with E-state index in [-0.39, 0.29) is 11.9 Å². The average molecular weight is 193 g/mol. The van der Waals surface area contributed by atoms with Gasteiger partial charge in [0.1, 0.15) is 0 Å². The number of H-pyrrole nitrogens is 1. The van der Waals surface area contributed by atoms with E-state index in [2.05, 4.69) is 25.5 Å². The van der Waals surface area contributed by atoms with E-state index in [0.717, 1.165) is 0 Å². The second-order valence-electron chi connectivity index (χ2n) is 2.40. The van der Waals surface area contributed by atoms with Crippen LogP contribution in [0.5, 0.6) is 0 Å². The molecule has 0 amide bonds. The maximum atomic E-state index is 11.0. The van der Waals surface area contributed by atoms with E-state index in [4.69, 9.17) is 5.84 Å². The molecule has 0 atom stereocenters. The summed E-state index contributed by atoms with van der Waals surface area (Å²) >= 11 is 0. The van der Waals surface area contributed by atoms with Crippen LogP contribution in [0.15, 0.2) is 23.3 Å². The number of nitrogens with zero attached hydrogens (tertiary/aromatic N) is 4. The van der Waals surface area contributed by atoms with E-state index in [0.29, 0.717) is 0 Å². The molecular formula is C6H7N7O. The Morgan fingerprint density at radius 3 is 3.00 bits per heavy atom. The molecule has 0 spiro atoms. The first-order valence-electron chi connectivity index (χ1n) is 3.74. The topological polar surface area (TPSA) is 115 Å². The summed E-state index contributed by atoms with van der Waals surface area (Å²) < 4.78 is 1.36. The molecule has 2 aromatic rings. The Morgan fingerprint density at radius 2 is 2.36 bits per heavy atom. The molecule has 0 saturated carbocycles. The molecule has 0 saturated heterocycles. The predicted octanol–water partition coefficient (Wildman–Crippen LogP) is -1.36. The van der Waals surface area contributed by atoms with E-state index in [1.54, 1.807) is 18.5 Å². The molecule has 0 aliphatic heterocycles. The highest BCUT2D eigenvalue weighted by atomic mass is 16.1. The van der Waals surface area contributed by atoms with E-state index >= 15 is 0 Å². The highest BCUT2D eigenvalue weighted by Gasteiger charge is 2.03. The lowest BCUT2D eigenvalue weighted by Gasteiger charge is -2.00. The largest absolute Gasteiger partial charge is 0.351 e. The van der Waals surface area contributed by atoms with Crippen LogP contribution < -0.4 is 17.0 Å². The Kier molecular flexibility index (Phi) is 1.95. The first kappa shape index (κ1) is 8.38. The zero-order valence-electron chi connectivity index (χ0n) is 7.01. The van der Waals surface area contributed by atoms with E-state index < -0.39 is 5.69 Å². The SMILES string of the molecule is NNc1nc(-n2cccn2)nc(=O)[nH]1. The second kappa shape index (κ2) is 3.26. The van der Waals surface area contributed by atoms with Crippen molar-refractivity contribution in [1.82, 2.24) is 24.7 Å². The number of hydrazine groups is 1. The first-order valence-corrected chi connectivity index (χ1v) is 3.74. The molecule has 0 aliphatic rings. The van der Waals surface area contributed by atoms with Crippen LogP contribution in [0.2, 0.25) is 0 Å². The Morgan fingerprint density at radius 1 is 1.50 bits per heavy atom. The standard InChI is InChI=1S/C6H7N7O/c7-12-4-9-5(11-6(14)10-4)13-3-1-2-8-13/h1-3H,7H2,(H2,9,10,11,12,14). The average Bonchev–Trinajstić information content (AvgIpc) is 2.69. The van der Waals surface area contributed by atoms with Gasteiger partial charge in [0.2, 0.25) is 5.95 Å². The van der Waals surface area contributed by atoms with Crippen molar-refractivity contribution in [3.63, 3.8) is 0 Å². The molecule has 4 N–H and O–H groups in total. The number of aromatic amines is 1. The molecule has 14 heavy (non-hydrogen) atoms. The van der Waals surface area contributed by atoms with Crippen LogP contribution in [-0.2, 0) is 0 Å². The van der Waals surface area contributed by atoms with Gasteiger partial charge in [-0.25, -0.2) is 15.3 Å². The van der Waals surface area contributed by atoms with Crippen molar-refractivity contribution in [2.75, 3.05) is 5.43 Å². The molecule has 2 heterocycles. The summed E-state index contributed by atoms with van der Waals surface area (Å²) in [6.07, 6.45) is 3.18. The fourth-order valence-electron chi connectivity index (χ4n) is 0.931. The molecule has 0 fully saturated rings. The number of rotatable bonds is 2. The molecule has 2 rings (SSSR count). The van der Waals surface area contributed by atoms with Crippen LogP contribution in [0, 0.1) is 0 Å². The second-order valence-corrected chi connectivity index (χ2v) is 2.40. The third kappa shape index (κ3) is 1.45. The summed E-state index contributed by atoms with van der Waals surface area (Å²) in [6, 6.07) is 1.69.